The number of nitrogens with one attached hydrogen (secondary N) is 1. The van der Waals surface area contributed by atoms with E-state index in [0.717, 1.165) is 17.7 Å². The number of carbonyl (C=O) groups excluding carboxylic acids is 1. The Balaban J connectivity index is 1.42. The van der Waals surface area contributed by atoms with E-state index in [1.807, 2.05) is 39.8 Å². The van der Waals surface area contributed by atoms with Gasteiger partial charge in [-0.1, -0.05) is 12.1 Å². The molecular formula is C21H25N3O4. The molecule has 2 amide bonds. The minimum atomic E-state index is -0.0730. The largest absolute Gasteiger partial charge is 0.493 e. The van der Waals surface area contributed by atoms with Gasteiger partial charge in [-0.3, -0.25) is 4.79 Å². The van der Waals surface area contributed by atoms with E-state index in [9.17, 15) is 9.59 Å². The molecule has 3 heterocycles. The van der Waals surface area contributed by atoms with Crippen molar-refractivity contribution in [2.75, 3.05) is 27.3 Å². The number of nitrogens with zero attached hydrogens (tertiary/aromatic N) is 2. The van der Waals surface area contributed by atoms with E-state index in [4.69, 9.17) is 9.47 Å². The van der Waals surface area contributed by atoms with Crippen molar-refractivity contribution in [1.29, 1.82) is 0 Å². The number of hydrogen-bond acceptors (Lipinski definition) is 4. The number of amides is 2. The molecule has 1 saturated heterocycles. The highest BCUT2D eigenvalue weighted by molar-refractivity contribution is 5.74. The predicted molar refractivity (Wildman–Crippen MR) is 105 cm³/mol. The molecular weight excluding hydrogens is 358 g/mol. The minimum absolute atomic E-state index is 0.0542. The van der Waals surface area contributed by atoms with Gasteiger partial charge >= 0.3 is 6.03 Å². The lowest BCUT2D eigenvalue weighted by molar-refractivity contribution is 0.131. The molecule has 148 valence electrons. The lowest BCUT2D eigenvalue weighted by Crippen LogP contribution is -2.51. The van der Waals surface area contributed by atoms with E-state index in [-0.39, 0.29) is 17.5 Å². The van der Waals surface area contributed by atoms with Crippen molar-refractivity contribution in [3.05, 3.63) is 58.0 Å². The van der Waals surface area contributed by atoms with Gasteiger partial charge in [0.05, 0.1) is 14.2 Å². The van der Waals surface area contributed by atoms with Gasteiger partial charge < -0.3 is 24.3 Å². The van der Waals surface area contributed by atoms with Crippen molar-refractivity contribution < 1.29 is 14.3 Å². The van der Waals surface area contributed by atoms with E-state index in [2.05, 4.69) is 5.32 Å². The number of rotatable bonds is 4. The van der Waals surface area contributed by atoms with Crippen LogP contribution in [-0.4, -0.2) is 42.8 Å². The molecule has 1 aromatic heterocycles. The van der Waals surface area contributed by atoms with E-state index in [0.29, 0.717) is 43.6 Å². The highest BCUT2D eigenvalue weighted by Crippen LogP contribution is 2.35. The standard InChI is InChI=1S/C21H25N3O4/c1-27-18-7-6-14(9-19(18)28-2)10-22-21(26)23-11-15-8-16(13-23)17-4-3-5-20(25)24(17)12-15/h3-7,9,15-16H,8,10-13H2,1-2H3,(H,22,26). The third-order valence-corrected chi connectivity index (χ3v) is 5.66. The molecule has 0 spiro atoms. The Hall–Kier alpha value is -2.96. The Morgan fingerprint density at radius 3 is 2.71 bits per heavy atom. The van der Waals surface area contributed by atoms with E-state index >= 15 is 0 Å². The number of likely N-dealkylation sites (tertiary alicyclic amines) is 1. The maximum Gasteiger partial charge on any atom is 0.317 e. The Bertz CT molecular complexity index is 939. The van der Waals surface area contributed by atoms with Crippen LogP contribution in [0.4, 0.5) is 4.79 Å². The van der Waals surface area contributed by atoms with E-state index in [1.54, 1.807) is 20.3 Å². The number of fused-ring (bicyclic) bond motifs is 4. The molecule has 28 heavy (non-hydrogen) atoms. The summed E-state index contributed by atoms with van der Waals surface area (Å²) in [7, 11) is 3.19. The van der Waals surface area contributed by atoms with Crippen LogP contribution in [0.25, 0.3) is 0 Å². The first-order valence-electron chi connectivity index (χ1n) is 9.52. The summed E-state index contributed by atoms with van der Waals surface area (Å²) in [4.78, 5) is 26.7. The summed E-state index contributed by atoms with van der Waals surface area (Å²) in [6.45, 7) is 2.42. The van der Waals surface area contributed by atoms with Crippen LogP contribution in [0, 0.1) is 5.92 Å². The van der Waals surface area contributed by atoms with Crippen molar-refractivity contribution in [2.45, 2.75) is 25.4 Å². The first-order valence-corrected chi connectivity index (χ1v) is 9.52. The summed E-state index contributed by atoms with van der Waals surface area (Å²) in [5.74, 6) is 1.84. The van der Waals surface area contributed by atoms with Crippen molar-refractivity contribution in [2.24, 2.45) is 5.92 Å². The van der Waals surface area contributed by atoms with Crippen LogP contribution in [0.1, 0.15) is 23.6 Å². The molecule has 1 fully saturated rings. The first-order chi connectivity index (χ1) is 13.6. The number of hydrogen-bond donors (Lipinski definition) is 1. The van der Waals surface area contributed by atoms with Gasteiger partial charge in [-0.05, 0) is 36.1 Å². The summed E-state index contributed by atoms with van der Waals surface area (Å²) in [6, 6.07) is 11.0. The molecule has 2 bridgehead atoms. The van der Waals surface area contributed by atoms with Gasteiger partial charge in [-0.25, -0.2) is 4.79 Å². The second kappa shape index (κ2) is 7.58. The Morgan fingerprint density at radius 2 is 1.93 bits per heavy atom. The molecule has 0 radical (unpaired) electrons. The van der Waals surface area contributed by atoms with Crippen LogP contribution in [0.2, 0.25) is 0 Å². The van der Waals surface area contributed by atoms with Crippen LogP contribution in [0.3, 0.4) is 0 Å². The maximum atomic E-state index is 12.7. The Labute approximate surface area is 163 Å². The number of piperidine rings is 1. The fourth-order valence-corrected chi connectivity index (χ4v) is 4.34. The van der Waals surface area contributed by atoms with Gasteiger partial charge in [0.25, 0.3) is 5.56 Å². The lowest BCUT2D eigenvalue weighted by Gasteiger charge is -2.42. The minimum Gasteiger partial charge on any atom is -0.493 e. The monoisotopic (exact) mass is 383 g/mol. The maximum absolute atomic E-state index is 12.7. The molecule has 0 saturated carbocycles. The zero-order valence-corrected chi connectivity index (χ0v) is 16.2. The van der Waals surface area contributed by atoms with Crippen LogP contribution in [-0.2, 0) is 13.1 Å². The summed E-state index contributed by atoms with van der Waals surface area (Å²) >= 11 is 0. The number of benzene rings is 1. The van der Waals surface area contributed by atoms with Gasteiger partial charge in [-0.2, -0.15) is 0 Å². The van der Waals surface area contributed by atoms with Crippen LogP contribution in [0.5, 0.6) is 11.5 Å². The number of aromatic nitrogens is 1. The van der Waals surface area contributed by atoms with Gasteiger partial charge in [-0.15, -0.1) is 0 Å². The van der Waals surface area contributed by atoms with Crippen LogP contribution < -0.4 is 20.3 Å². The second-order valence-corrected chi connectivity index (χ2v) is 7.45. The third-order valence-electron chi connectivity index (χ3n) is 5.66. The predicted octanol–water partition coefficient (Wildman–Crippen LogP) is 2.19. The number of ether oxygens (including phenoxy) is 2. The second-order valence-electron chi connectivity index (χ2n) is 7.45. The molecule has 2 atom stereocenters. The molecule has 0 aliphatic carbocycles. The zero-order valence-electron chi connectivity index (χ0n) is 16.2. The van der Waals surface area contributed by atoms with Crippen molar-refractivity contribution in [3.8, 4) is 11.5 Å². The van der Waals surface area contributed by atoms with Gasteiger partial charge in [0.15, 0.2) is 11.5 Å². The van der Waals surface area contributed by atoms with Crippen LogP contribution >= 0.6 is 0 Å². The summed E-state index contributed by atoms with van der Waals surface area (Å²) in [6.07, 6.45) is 1.03. The van der Waals surface area contributed by atoms with Crippen molar-refractivity contribution in [3.63, 3.8) is 0 Å². The Morgan fingerprint density at radius 1 is 1.11 bits per heavy atom. The van der Waals surface area contributed by atoms with Crippen molar-refractivity contribution in [1.82, 2.24) is 14.8 Å². The average molecular weight is 383 g/mol. The molecule has 7 nitrogen and oxygen atoms in total. The molecule has 2 aliphatic heterocycles. The number of pyridine rings is 1. The summed E-state index contributed by atoms with van der Waals surface area (Å²) < 4.78 is 12.4. The fourth-order valence-electron chi connectivity index (χ4n) is 4.34. The Kier molecular flexibility index (Phi) is 4.98. The smallest absolute Gasteiger partial charge is 0.317 e. The molecule has 7 heteroatoms. The highest BCUT2D eigenvalue weighted by atomic mass is 16.5. The molecule has 1 aromatic carbocycles. The molecule has 2 aromatic rings. The summed E-state index contributed by atoms with van der Waals surface area (Å²) in [5.41, 5.74) is 2.04. The van der Waals surface area contributed by atoms with Gasteiger partial charge in [0.2, 0.25) is 0 Å². The number of carbonyl (C=O) groups is 1. The number of methoxy groups -OCH3 is 2. The molecule has 4 rings (SSSR count). The molecule has 2 unspecified atom stereocenters. The SMILES string of the molecule is COc1ccc(CNC(=O)N2CC3CC(C2)c2cccc(=O)n2C3)cc1OC. The summed E-state index contributed by atoms with van der Waals surface area (Å²) in [5, 5.41) is 3.00. The third kappa shape index (κ3) is 3.44. The first kappa shape index (κ1) is 18.4. The van der Waals surface area contributed by atoms with Crippen molar-refractivity contribution >= 4 is 6.03 Å². The highest BCUT2D eigenvalue weighted by Gasteiger charge is 2.36. The van der Waals surface area contributed by atoms with Gasteiger partial charge in [0, 0.05) is 43.9 Å². The normalized spacial score (nSPS) is 20.3. The average Bonchev–Trinajstić information content (AvgIpc) is 2.72. The molecule has 1 N–H and O–H groups in total. The van der Waals surface area contributed by atoms with E-state index in [1.165, 1.54) is 0 Å². The van der Waals surface area contributed by atoms with E-state index < -0.39 is 0 Å². The van der Waals surface area contributed by atoms with Crippen LogP contribution in [0.15, 0.2) is 41.2 Å². The quantitative estimate of drug-likeness (QED) is 0.879. The fraction of sp³-hybridized carbons (Fsp3) is 0.429. The molecule has 2 aliphatic rings. The van der Waals surface area contributed by atoms with Gasteiger partial charge in [0.1, 0.15) is 0 Å². The zero-order chi connectivity index (χ0) is 19.7. The lowest BCUT2D eigenvalue weighted by atomic mass is 9.83. The number of urea groups is 1. The topological polar surface area (TPSA) is 72.8 Å².